The lowest BCUT2D eigenvalue weighted by molar-refractivity contribution is -0.138. The van der Waals surface area contributed by atoms with Crippen LogP contribution in [0.1, 0.15) is 58.9 Å². The highest BCUT2D eigenvalue weighted by Gasteiger charge is 2.39. The Bertz CT molecular complexity index is 853. The molecule has 0 atom stereocenters. The summed E-state index contributed by atoms with van der Waals surface area (Å²) < 4.78 is 28.7. The molecule has 0 unspecified atom stereocenters. The highest BCUT2D eigenvalue weighted by atomic mass is 32.2. The Hall–Kier alpha value is -1.44. The van der Waals surface area contributed by atoms with Crippen LogP contribution in [0.25, 0.3) is 0 Å². The molecule has 1 aliphatic carbocycles. The second-order valence-electron chi connectivity index (χ2n) is 9.65. The van der Waals surface area contributed by atoms with Crippen LogP contribution in [0.2, 0.25) is 0 Å². The van der Waals surface area contributed by atoms with E-state index in [1.807, 2.05) is 37.8 Å². The lowest BCUT2D eigenvalue weighted by Gasteiger charge is -2.41. The maximum Gasteiger partial charge on any atom is 0.243 e. The molecule has 1 saturated heterocycles. The molecule has 0 aromatic heterocycles. The number of piperazine rings is 1. The zero-order valence-electron chi connectivity index (χ0n) is 19.8. The van der Waals surface area contributed by atoms with Gasteiger partial charge < -0.3 is 4.90 Å². The number of benzene rings is 1. The van der Waals surface area contributed by atoms with Crippen LogP contribution in [0.3, 0.4) is 0 Å². The van der Waals surface area contributed by atoms with Gasteiger partial charge in [0.05, 0.1) is 4.90 Å². The maximum absolute atomic E-state index is 13.5. The van der Waals surface area contributed by atoms with Crippen LogP contribution < -0.4 is 0 Å². The largest absolute Gasteiger partial charge is 0.340 e. The van der Waals surface area contributed by atoms with Crippen LogP contribution in [-0.4, -0.2) is 72.7 Å². The number of amides is 1. The van der Waals surface area contributed by atoms with Crippen molar-refractivity contribution in [2.75, 3.05) is 26.2 Å². The van der Waals surface area contributed by atoms with Gasteiger partial charge in [-0.2, -0.15) is 4.31 Å². The number of carbonyl (C=O) groups excluding carboxylic acids is 1. The fraction of sp³-hybridized carbons (Fsp3) is 0.708. The molecular formula is C24H39N3O3S. The fourth-order valence-corrected chi connectivity index (χ4v) is 7.26. The number of hydrogen-bond donors (Lipinski definition) is 0. The molecular weight excluding hydrogens is 410 g/mol. The first-order chi connectivity index (χ1) is 14.6. The highest BCUT2D eigenvalue weighted by Crippen LogP contribution is 2.34. The van der Waals surface area contributed by atoms with Crippen LogP contribution >= 0.6 is 0 Å². The first-order valence-electron chi connectivity index (χ1n) is 11.7. The number of nitrogens with zero attached hydrogens (tertiary/aromatic N) is 3. The Morgan fingerprint density at radius 1 is 0.968 bits per heavy atom. The van der Waals surface area contributed by atoms with Gasteiger partial charge in [0.2, 0.25) is 15.9 Å². The molecule has 3 rings (SSSR count). The van der Waals surface area contributed by atoms with Crippen molar-refractivity contribution >= 4 is 15.9 Å². The van der Waals surface area contributed by atoms with E-state index in [9.17, 15) is 13.2 Å². The van der Waals surface area contributed by atoms with E-state index in [0.717, 1.165) is 57.4 Å². The Balaban J connectivity index is 1.64. The van der Waals surface area contributed by atoms with E-state index in [4.69, 9.17) is 0 Å². The van der Waals surface area contributed by atoms with Crippen molar-refractivity contribution in [3.8, 4) is 0 Å². The van der Waals surface area contributed by atoms with Gasteiger partial charge in [-0.05, 0) is 71.9 Å². The van der Waals surface area contributed by atoms with Crippen molar-refractivity contribution < 1.29 is 13.2 Å². The molecule has 1 saturated carbocycles. The Morgan fingerprint density at radius 3 is 2.06 bits per heavy atom. The predicted octanol–water partition coefficient (Wildman–Crippen LogP) is 3.51. The van der Waals surface area contributed by atoms with Gasteiger partial charge >= 0.3 is 0 Å². The van der Waals surface area contributed by atoms with E-state index in [0.29, 0.717) is 10.9 Å². The summed E-state index contributed by atoms with van der Waals surface area (Å²) in [5.74, 6) is 0.289. The lowest BCUT2D eigenvalue weighted by Crippen LogP contribution is -2.53. The molecule has 1 aromatic rings. The molecule has 7 heteroatoms. The summed E-state index contributed by atoms with van der Waals surface area (Å²) in [4.78, 5) is 17.9. The second-order valence-corrected chi connectivity index (χ2v) is 11.5. The molecule has 1 aliphatic heterocycles. The van der Waals surface area contributed by atoms with Crippen molar-refractivity contribution in [1.82, 2.24) is 14.1 Å². The highest BCUT2D eigenvalue weighted by molar-refractivity contribution is 7.89. The second kappa shape index (κ2) is 10.0. The molecule has 0 bridgehead atoms. The smallest absolute Gasteiger partial charge is 0.243 e. The zero-order valence-corrected chi connectivity index (χ0v) is 20.6. The normalized spacial score (nSPS) is 23.7. The zero-order chi connectivity index (χ0) is 22.8. The fourth-order valence-electron chi connectivity index (χ4n) is 5.15. The molecule has 0 radical (unpaired) electrons. The van der Waals surface area contributed by atoms with Crippen LogP contribution in [-0.2, 0) is 14.8 Å². The van der Waals surface area contributed by atoms with E-state index in [1.165, 1.54) is 0 Å². The van der Waals surface area contributed by atoms with Gasteiger partial charge in [-0.25, -0.2) is 8.42 Å². The molecule has 1 heterocycles. The number of carbonyl (C=O) groups is 1. The number of sulfonamides is 1. The van der Waals surface area contributed by atoms with Crippen LogP contribution in [0, 0.1) is 12.8 Å². The first-order valence-corrected chi connectivity index (χ1v) is 13.2. The SMILES string of the molecule is Cc1ccccc1S(=O)(=O)N(C(C)C)C1CCC(C(=O)N2CCN(C(C)C)CC2)CC1. The van der Waals surface area contributed by atoms with Gasteiger partial charge in [0.1, 0.15) is 0 Å². The average Bonchev–Trinajstić information content (AvgIpc) is 2.73. The Kier molecular flexibility index (Phi) is 7.81. The molecule has 0 spiro atoms. The van der Waals surface area contributed by atoms with Crippen molar-refractivity contribution in [3.05, 3.63) is 29.8 Å². The topological polar surface area (TPSA) is 60.9 Å². The number of aryl methyl sites for hydroxylation is 1. The summed E-state index contributed by atoms with van der Waals surface area (Å²) >= 11 is 0. The molecule has 1 amide bonds. The molecule has 0 N–H and O–H groups in total. The minimum atomic E-state index is -3.57. The Morgan fingerprint density at radius 2 is 1.55 bits per heavy atom. The monoisotopic (exact) mass is 449 g/mol. The minimum Gasteiger partial charge on any atom is -0.340 e. The van der Waals surface area contributed by atoms with E-state index in [2.05, 4.69) is 18.7 Å². The molecule has 2 fully saturated rings. The third-order valence-electron chi connectivity index (χ3n) is 6.92. The number of hydrogen-bond acceptors (Lipinski definition) is 4. The number of rotatable bonds is 6. The lowest BCUT2D eigenvalue weighted by atomic mass is 9.84. The Labute approximate surface area is 188 Å². The van der Waals surface area contributed by atoms with Gasteiger partial charge in [0.25, 0.3) is 0 Å². The standard InChI is InChI=1S/C24H39N3O3S/c1-18(2)25-14-16-26(17-15-25)24(28)21-10-12-22(13-11-21)27(19(3)4)31(29,30)23-9-7-6-8-20(23)5/h6-9,18-19,21-22H,10-17H2,1-5H3. The summed E-state index contributed by atoms with van der Waals surface area (Å²) in [7, 11) is -3.57. The summed E-state index contributed by atoms with van der Waals surface area (Å²) in [5, 5.41) is 0. The van der Waals surface area contributed by atoms with E-state index >= 15 is 0 Å². The third-order valence-corrected chi connectivity index (χ3v) is 9.21. The molecule has 1 aromatic carbocycles. The predicted molar refractivity (Wildman–Crippen MR) is 124 cm³/mol. The summed E-state index contributed by atoms with van der Waals surface area (Å²) in [6.07, 6.45) is 3.01. The van der Waals surface area contributed by atoms with Gasteiger partial charge in [-0.15, -0.1) is 0 Å². The average molecular weight is 450 g/mol. The quantitative estimate of drug-likeness (QED) is 0.667. The van der Waals surface area contributed by atoms with E-state index in [-0.39, 0.29) is 23.9 Å². The van der Waals surface area contributed by atoms with Crippen molar-refractivity contribution in [1.29, 1.82) is 0 Å². The van der Waals surface area contributed by atoms with Crippen LogP contribution in [0.4, 0.5) is 0 Å². The summed E-state index contributed by atoms with van der Waals surface area (Å²) in [5.41, 5.74) is 0.776. The molecule has 174 valence electrons. The molecule has 6 nitrogen and oxygen atoms in total. The van der Waals surface area contributed by atoms with Crippen molar-refractivity contribution in [3.63, 3.8) is 0 Å². The van der Waals surface area contributed by atoms with Gasteiger partial charge in [0, 0.05) is 50.2 Å². The van der Waals surface area contributed by atoms with E-state index in [1.54, 1.807) is 16.4 Å². The molecule has 31 heavy (non-hydrogen) atoms. The maximum atomic E-state index is 13.5. The van der Waals surface area contributed by atoms with Crippen molar-refractivity contribution in [2.24, 2.45) is 5.92 Å². The van der Waals surface area contributed by atoms with E-state index < -0.39 is 10.0 Å². The van der Waals surface area contributed by atoms with Crippen LogP contribution in [0.5, 0.6) is 0 Å². The van der Waals surface area contributed by atoms with Gasteiger partial charge in [-0.1, -0.05) is 18.2 Å². The minimum absolute atomic E-state index is 0.0250. The summed E-state index contributed by atoms with van der Waals surface area (Å²) in [6.45, 7) is 13.6. The summed E-state index contributed by atoms with van der Waals surface area (Å²) in [6, 6.07) is 7.55. The first kappa shape index (κ1) is 24.2. The third kappa shape index (κ3) is 5.32. The molecule has 2 aliphatic rings. The van der Waals surface area contributed by atoms with Gasteiger partial charge in [-0.3, -0.25) is 9.69 Å². The van der Waals surface area contributed by atoms with Crippen LogP contribution in [0.15, 0.2) is 29.2 Å². The van der Waals surface area contributed by atoms with Gasteiger partial charge in [0.15, 0.2) is 0 Å². The van der Waals surface area contributed by atoms with Crippen molar-refractivity contribution in [2.45, 2.75) is 83.3 Å².